The number of benzene rings is 1. The molecule has 0 saturated carbocycles. The first-order valence-electron chi connectivity index (χ1n) is 5.75. The van der Waals surface area contributed by atoms with Crippen LogP contribution in [0.3, 0.4) is 0 Å². The van der Waals surface area contributed by atoms with Gasteiger partial charge in [0.1, 0.15) is 10.3 Å². The number of aromatic carboxylic acids is 1. The summed E-state index contributed by atoms with van der Waals surface area (Å²) in [6.07, 6.45) is 0. The standard InChI is InChI=1S/C14H11BrN2O3/c1-8-5-6-10(9(7-8)14(19)20)17-13(18)11-3-2-4-12(15)16-11/h2-7H,1H3,(H,17,18)(H,19,20). The fourth-order valence-corrected chi connectivity index (χ4v) is 2.01. The van der Waals surface area contributed by atoms with Gasteiger partial charge in [-0.2, -0.15) is 0 Å². The number of aryl methyl sites for hydroxylation is 1. The van der Waals surface area contributed by atoms with E-state index in [2.05, 4.69) is 26.2 Å². The lowest BCUT2D eigenvalue weighted by molar-refractivity contribution is 0.0698. The number of rotatable bonds is 3. The third kappa shape index (κ3) is 3.21. The van der Waals surface area contributed by atoms with Gasteiger partial charge in [-0.1, -0.05) is 17.7 Å². The molecule has 0 aliphatic heterocycles. The molecule has 2 aromatic rings. The second-order valence-electron chi connectivity index (χ2n) is 4.15. The SMILES string of the molecule is Cc1ccc(NC(=O)c2cccc(Br)n2)c(C(=O)O)c1. The van der Waals surface area contributed by atoms with Crippen molar-refractivity contribution in [2.45, 2.75) is 6.92 Å². The maximum atomic E-state index is 12.0. The molecule has 0 fully saturated rings. The molecule has 2 N–H and O–H groups in total. The highest BCUT2D eigenvalue weighted by molar-refractivity contribution is 9.10. The molecule has 0 bridgehead atoms. The predicted molar refractivity (Wildman–Crippen MR) is 78.0 cm³/mol. The summed E-state index contributed by atoms with van der Waals surface area (Å²) >= 11 is 3.18. The van der Waals surface area contributed by atoms with Crippen LogP contribution in [-0.4, -0.2) is 22.0 Å². The van der Waals surface area contributed by atoms with Gasteiger partial charge >= 0.3 is 5.97 Å². The van der Waals surface area contributed by atoms with Gasteiger partial charge in [0.2, 0.25) is 0 Å². The van der Waals surface area contributed by atoms with Crippen molar-refractivity contribution in [3.63, 3.8) is 0 Å². The first kappa shape index (κ1) is 14.2. The van der Waals surface area contributed by atoms with Crippen LogP contribution in [0.5, 0.6) is 0 Å². The van der Waals surface area contributed by atoms with Crippen LogP contribution in [0.2, 0.25) is 0 Å². The number of aromatic nitrogens is 1. The van der Waals surface area contributed by atoms with Crippen molar-refractivity contribution < 1.29 is 14.7 Å². The van der Waals surface area contributed by atoms with Crippen molar-refractivity contribution in [3.8, 4) is 0 Å². The van der Waals surface area contributed by atoms with Crippen LogP contribution in [0.15, 0.2) is 41.0 Å². The highest BCUT2D eigenvalue weighted by atomic mass is 79.9. The third-order valence-electron chi connectivity index (χ3n) is 2.60. The molecule has 0 saturated heterocycles. The molecule has 6 heteroatoms. The van der Waals surface area contributed by atoms with Crippen LogP contribution in [0.25, 0.3) is 0 Å². The number of carboxylic acid groups (broad SMARTS) is 1. The minimum absolute atomic E-state index is 0.0494. The Kier molecular flexibility index (Phi) is 4.14. The molecule has 5 nitrogen and oxygen atoms in total. The summed E-state index contributed by atoms with van der Waals surface area (Å²) in [5, 5.41) is 11.7. The number of pyridine rings is 1. The van der Waals surface area contributed by atoms with Crippen LogP contribution in [0.1, 0.15) is 26.4 Å². The third-order valence-corrected chi connectivity index (χ3v) is 3.04. The van der Waals surface area contributed by atoms with E-state index in [-0.39, 0.29) is 16.9 Å². The smallest absolute Gasteiger partial charge is 0.337 e. The Morgan fingerprint density at radius 3 is 2.65 bits per heavy atom. The minimum Gasteiger partial charge on any atom is -0.478 e. The lowest BCUT2D eigenvalue weighted by Crippen LogP contribution is -2.16. The highest BCUT2D eigenvalue weighted by Crippen LogP contribution is 2.18. The van der Waals surface area contributed by atoms with Gasteiger partial charge in [-0.25, -0.2) is 9.78 Å². The Morgan fingerprint density at radius 2 is 2.00 bits per heavy atom. The molecule has 0 spiro atoms. The van der Waals surface area contributed by atoms with Gasteiger partial charge in [0, 0.05) is 0 Å². The summed E-state index contributed by atoms with van der Waals surface area (Å²) in [5.41, 5.74) is 1.31. The van der Waals surface area contributed by atoms with E-state index < -0.39 is 11.9 Å². The average Bonchev–Trinajstić information content (AvgIpc) is 2.40. The van der Waals surface area contributed by atoms with Crippen molar-refractivity contribution in [1.29, 1.82) is 0 Å². The lowest BCUT2D eigenvalue weighted by Gasteiger charge is -2.09. The van der Waals surface area contributed by atoms with E-state index in [0.29, 0.717) is 4.60 Å². The molecule has 0 aliphatic carbocycles. The Hall–Kier alpha value is -2.21. The highest BCUT2D eigenvalue weighted by Gasteiger charge is 2.14. The van der Waals surface area contributed by atoms with E-state index in [1.807, 2.05) is 0 Å². The Balaban J connectivity index is 2.30. The van der Waals surface area contributed by atoms with Gasteiger partial charge in [0.15, 0.2) is 0 Å². The molecule has 0 unspecified atom stereocenters. The summed E-state index contributed by atoms with van der Waals surface area (Å²) in [4.78, 5) is 27.2. The number of hydrogen-bond donors (Lipinski definition) is 2. The summed E-state index contributed by atoms with van der Waals surface area (Å²) in [6, 6.07) is 9.73. The number of carboxylic acids is 1. The molecule has 2 rings (SSSR count). The van der Waals surface area contributed by atoms with Crippen LogP contribution in [0, 0.1) is 6.92 Å². The maximum absolute atomic E-state index is 12.0. The Bertz CT molecular complexity index is 686. The quantitative estimate of drug-likeness (QED) is 0.845. The molecular weight excluding hydrogens is 324 g/mol. The van der Waals surface area contributed by atoms with Crippen LogP contribution >= 0.6 is 15.9 Å². The van der Waals surface area contributed by atoms with E-state index >= 15 is 0 Å². The number of carbonyl (C=O) groups is 2. The molecule has 1 amide bonds. The van der Waals surface area contributed by atoms with Crippen molar-refractivity contribution in [1.82, 2.24) is 4.98 Å². The number of halogens is 1. The van der Waals surface area contributed by atoms with Crippen molar-refractivity contribution in [2.75, 3.05) is 5.32 Å². The average molecular weight is 335 g/mol. The monoisotopic (exact) mass is 334 g/mol. The maximum Gasteiger partial charge on any atom is 0.337 e. The van der Waals surface area contributed by atoms with Crippen molar-refractivity contribution >= 4 is 33.5 Å². The van der Waals surface area contributed by atoms with Gasteiger partial charge in [0.05, 0.1) is 11.3 Å². The number of carbonyl (C=O) groups excluding carboxylic acids is 1. The van der Waals surface area contributed by atoms with Crippen LogP contribution in [-0.2, 0) is 0 Å². The van der Waals surface area contributed by atoms with Crippen LogP contribution < -0.4 is 5.32 Å². The normalized spacial score (nSPS) is 10.1. The van der Waals surface area contributed by atoms with E-state index in [9.17, 15) is 9.59 Å². The Morgan fingerprint density at radius 1 is 1.25 bits per heavy atom. The van der Waals surface area contributed by atoms with E-state index in [1.54, 1.807) is 37.3 Å². The minimum atomic E-state index is -1.09. The Labute approximate surface area is 123 Å². The van der Waals surface area contributed by atoms with E-state index in [1.165, 1.54) is 6.07 Å². The topological polar surface area (TPSA) is 79.3 Å². The fraction of sp³-hybridized carbons (Fsp3) is 0.0714. The number of amides is 1. The summed E-state index contributed by atoms with van der Waals surface area (Å²) in [6.45, 7) is 1.79. The fourth-order valence-electron chi connectivity index (χ4n) is 1.67. The van der Waals surface area contributed by atoms with Gasteiger partial charge < -0.3 is 10.4 Å². The first-order valence-corrected chi connectivity index (χ1v) is 6.54. The molecule has 1 aromatic carbocycles. The molecule has 0 atom stereocenters. The van der Waals surface area contributed by atoms with Crippen molar-refractivity contribution in [2.24, 2.45) is 0 Å². The summed E-state index contributed by atoms with van der Waals surface area (Å²) < 4.78 is 0.535. The number of hydrogen-bond acceptors (Lipinski definition) is 3. The molecule has 1 heterocycles. The predicted octanol–water partition coefficient (Wildman–Crippen LogP) is 3.10. The molecule has 0 aliphatic rings. The zero-order chi connectivity index (χ0) is 14.7. The van der Waals surface area contributed by atoms with Gasteiger partial charge in [0.25, 0.3) is 5.91 Å². The van der Waals surface area contributed by atoms with Crippen LogP contribution in [0.4, 0.5) is 5.69 Å². The van der Waals surface area contributed by atoms with Gasteiger partial charge in [-0.3, -0.25) is 4.79 Å². The summed E-state index contributed by atoms with van der Waals surface area (Å²) in [5.74, 6) is -1.55. The van der Waals surface area contributed by atoms with E-state index in [4.69, 9.17) is 5.11 Å². The lowest BCUT2D eigenvalue weighted by atomic mass is 10.1. The van der Waals surface area contributed by atoms with Gasteiger partial charge in [-0.05, 0) is 47.1 Å². The second-order valence-corrected chi connectivity index (χ2v) is 4.97. The van der Waals surface area contributed by atoms with E-state index in [0.717, 1.165) is 5.56 Å². The number of nitrogens with zero attached hydrogens (tertiary/aromatic N) is 1. The largest absolute Gasteiger partial charge is 0.478 e. The zero-order valence-electron chi connectivity index (χ0n) is 10.6. The second kappa shape index (κ2) is 5.83. The zero-order valence-corrected chi connectivity index (χ0v) is 12.1. The number of nitrogens with one attached hydrogen (secondary N) is 1. The summed E-state index contributed by atoms with van der Waals surface area (Å²) in [7, 11) is 0. The molecule has 1 aromatic heterocycles. The number of anilines is 1. The van der Waals surface area contributed by atoms with Gasteiger partial charge in [-0.15, -0.1) is 0 Å². The molecule has 20 heavy (non-hydrogen) atoms. The first-order chi connectivity index (χ1) is 9.47. The molecular formula is C14H11BrN2O3. The van der Waals surface area contributed by atoms with Crippen molar-refractivity contribution in [3.05, 3.63) is 57.8 Å². The molecule has 0 radical (unpaired) electrons. The molecule has 102 valence electrons.